The van der Waals surface area contributed by atoms with E-state index in [2.05, 4.69) is 31.0 Å². The molecule has 0 aromatic rings. The first kappa shape index (κ1) is 19.7. The Balaban J connectivity index is 2.63. The Morgan fingerprint density at radius 2 is 2.00 bits per heavy atom. The molecule has 1 unspecified atom stereocenters. The summed E-state index contributed by atoms with van der Waals surface area (Å²) in [5.41, 5.74) is 2.94. The molecule has 1 aliphatic carbocycles. The number of aliphatic hydroxyl groups excluding tert-OH is 1. The third-order valence-electron chi connectivity index (χ3n) is 4.25. The highest BCUT2D eigenvalue weighted by Crippen LogP contribution is 2.29. The summed E-state index contributed by atoms with van der Waals surface area (Å²) >= 11 is 0. The van der Waals surface area contributed by atoms with Crippen LogP contribution in [-0.2, 0) is 4.74 Å². The Kier molecular flexibility index (Phi) is 9.65. The number of nitrogens with one attached hydrogen (secondary N) is 1. The zero-order chi connectivity index (χ0) is 17.1. The number of hydrogen-bond acceptors (Lipinski definition) is 3. The van der Waals surface area contributed by atoms with Gasteiger partial charge >= 0.3 is 0 Å². The van der Waals surface area contributed by atoms with Crippen LogP contribution in [0.15, 0.2) is 47.3 Å². The average molecular weight is 319 g/mol. The van der Waals surface area contributed by atoms with Crippen molar-refractivity contribution in [2.45, 2.75) is 65.0 Å². The maximum Gasteiger partial charge on any atom is 0.130 e. The third kappa shape index (κ3) is 6.36. The van der Waals surface area contributed by atoms with Crippen LogP contribution in [-0.4, -0.2) is 25.0 Å². The molecule has 0 radical (unpaired) electrons. The summed E-state index contributed by atoms with van der Waals surface area (Å²) in [7, 11) is 1.66. The van der Waals surface area contributed by atoms with Crippen molar-refractivity contribution < 1.29 is 9.84 Å². The largest absolute Gasteiger partial charge is 0.496 e. The molecule has 3 heteroatoms. The topological polar surface area (TPSA) is 41.5 Å². The molecule has 0 bridgehead atoms. The van der Waals surface area contributed by atoms with Crippen molar-refractivity contribution in [1.29, 1.82) is 0 Å². The van der Waals surface area contributed by atoms with Crippen LogP contribution in [0.5, 0.6) is 0 Å². The zero-order valence-corrected chi connectivity index (χ0v) is 15.0. The van der Waals surface area contributed by atoms with Crippen LogP contribution in [0.25, 0.3) is 0 Å². The normalized spacial score (nSPS) is 17.0. The lowest BCUT2D eigenvalue weighted by molar-refractivity contribution is 0.162. The number of allylic oxidation sites excluding steroid dienone is 4. The summed E-state index contributed by atoms with van der Waals surface area (Å²) in [5, 5.41) is 13.6. The predicted molar refractivity (Wildman–Crippen MR) is 98.1 cm³/mol. The van der Waals surface area contributed by atoms with Crippen LogP contribution >= 0.6 is 0 Å². The van der Waals surface area contributed by atoms with Crippen molar-refractivity contribution in [3.8, 4) is 0 Å². The van der Waals surface area contributed by atoms with Gasteiger partial charge in [0.2, 0.25) is 0 Å². The monoisotopic (exact) mass is 319 g/mol. The van der Waals surface area contributed by atoms with E-state index >= 15 is 0 Å². The molecule has 3 nitrogen and oxygen atoms in total. The quantitative estimate of drug-likeness (QED) is 0.332. The molecule has 0 aromatic carbocycles. The lowest BCUT2D eigenvalue weighted by Gasteiger charge is -2.21. The molecule has 0 fully saturated rings. The number of aliphatic hydroxyl groups is 1. The van der Waals surface area contributed by atoms with Gasteiger partial charge in [-0.2, -0.15) is 0 Å². The lowest BCUT2D eigenvalue weighted by Crippen LogP contribution is -2.31. The summed E-state index contributed by atoms with van der Waals surface area (Å²) in [5.74, 6) is 0.752. The van der Waals surface area contributed by atoms with Crippen LogP contribution < -0.4 is 5.32 Å². The van der Waals surface area contributed by atoms with Gasteiger partial charge in [0, 0.05) is 11.1 Å². The van der Waals surface area contributed by atoms with E-state index in [0.29, 0.717) is 0 Å². The molecule has 0 heterocycles. The minimum absolute atomic E-state index is 0.676. The smallest absolute Gasteiger partial charge is 0.130 e. The minimum atomic E-state index is -0.676. The molecule has 1 rings (SSSR count). The van der Waals surface area contributed by atoms with Crippen LogP contribution in [0.1, 0.15) is 58.8 Å². The molecule has 130 valence electrons. The van der Waals surface area contributed by atoms with E-state index in [-0.39, 0.29) is 0 Å². The Hall–Kier alpha value is -1.32. The molecule has 0 amide bonds. The summed E-state index contributed by atoms with van der Waals surface area (Å²) in [6, 6.07) is 0. The third-order valence-corrected chi connectivity index (χ3v) is 4.25. The maximum atomic E-state index is 10.4. The summed E-state index contributed by atoms with van der Waals surface area (Å²) in [6.07, 6.45) is 13.6. The van der Waals surface area contributed by atoms with Crippen LogP contribution in [0, 0.1) is 0 Å². The summed E-state index contributed by atoms with van der Waals surface area (Å²) in [6.45, 7) is 8.83. The van der Waals surface area contributed by atoms with Gasteiger partial charge in [0.25, 0.3) is 0 Å². The van der Waals surface area contributed by atoms with Crippen LogP contribution in [0.2, 0.25) is 0 Å². The fourth-order valence-corrected chi connectivity index (χ4v) is 2.84. The van der Waals surface area contributed by atoms with Crippen molar-refractivity contribution in [3.05, 3.63) is 47.3 Å². The van der Waals surface area contributed by atoms with Crippen molar-refractivity contribution >= 4 is 0 Å². The second kappa shape index (κ2) is 11.3. The van der Waals surface area contributed by atoms with Crippen molar-refractivity contribution in [2.24, 2.45) is 0 Å². The van der Waals surface area contributed by atoms with Gasteiger partial charge in [0.05, 0.1) is 7.11 Å². The standard InChI is InChI=1S/C20H33NO2/c1-5-7-8-9-12-15-21-20(22)16(3)19(23-4)18-14-11-10-13-17(18)6-2/h6,13-14,20-22H,2,5,7-12,15H2,1,3-4H3/b19-16-. The van der Waals surface area contributed by atoms with E-state index in [1.54, 1.807) is 7.11 Å². The van der Waals surface area contributed by atoms with E-state index in [4.69, 9.17) is 4.74 Å². The Morgan fingerprint density at radius 1 is 1.30 bits per heavy atom. The van der Waals surface area contributed by atoms with Crippen molar-refractivity contribution in [2.75, 3.05) is 13.7 Å². The molecule has 0 spiro atoms. The number of rotatable bonds is 11. The van der Waals surface area contributed by atoms with E-state index in [1.807, 2.05) is 13.0 Å². The molecular formula is C20H33NO2. The van der Waals surface area contributed by atoms with Crippen LogP contribution in [0.4, 0.5) is 0 Å². The van der Waals surface area contributed by atoms with Crippen LogP contribution in [0.3, 0.4) is 0 Å². The SMILES string of the molecule is C=CC1=CCCC=C1/C(OC)=C(\C)C(O)NCCCCCCC. The first-order chi connectivity index (χ1) is 11.2. The van der Waals surface area contributed by atoms with E-state index < -0.39 is 6.23 Å². The first-order valence-corrected chi connectivity index (χ1v) is 8.85. The van der Waals surface area contributed by atoms with E-state index in [1.165, 1.54) is 25.7 Å². The number of ether oxygens (including phenoxy) is 1. The zero-order valence-electron chi connectivity index (χ0n) is 15.0. The van der Waals surface area contributed by atoms with E-state index in [0.717, 1.165) is 48.3 Å². The number of methoxy groups -OCH3 is 1. The van der Waals surface area contributed by atoms with Gasteiger partial charge in [-0.15, -0.1) is 0 Å². The molecule has 0 saturated heterocycles. The van der Waals surface area contributed by atoms with Gasteiger partial charge in [-0.1, -0.05) is 57.4 Å². The number of unbranched alkanes of at least 4 members (excludes halogenated alkanes) is 4. The second-order valence-electron chi connectivity index (χ2n) is 6.05. The predicted octanol–water partition coefficient (Wildman–Crippen LogP) is 4.62. The van der Waals surface area contributed by atoms with Gasteiger partial charge < -0.3 is 9.84 Å². The Bertz CT molecular complexity index is 460. The Morgan fingerprint density at radius 3 is 2.65 bits per heavy atom. The van der Waals surface area contributed by atoms with Gasteiger partial charge in [0.1, 0.15) is 12.0 Å². The lowest BCUT2D eigenvalue weighted by atomic mass is 9.94. The summed E-state index contributed by atoms with van der Waals surface area (Å²) in [4.78, 5) is 0. The summed E-state index contributed by atoms with van der Waals surface area (Å²) < 4.78 is 5.59. The highest BCUT2D eigenvalue weighted by Gasteiger charge is 2.18. The number of hydrogen-bond donors (Lipinski definition) is 2. The highest BCUT2D eigenvalue weighted by atomic mass is 16.5. The Labute approximate surface area is 141 Å². The fraction of sp³-hybridized carbons (Fsp3) is 0.600. The molecule has 0 aliphatic heterocycles. The van der Waals surface area contributed by atoms with Gasteiger partial charge in [-0.3, -0.25) is 5.32 Å². The first-order valence-electron chi connectivity index (χ1n) is 8.85. The second-order valence-corrected chi connectivity index (χ2v) is 6.05. The van der Waals surface area contributed by atoms with Crippen molar-refractivity contribution in [1.82, 2.24) is 5.32 Å². The molecule has 2 N–H and O–H groups in total. The van der Waals surface area contributed by atoms with Gasteiger partial charge in [-0.25, -0.2) is 0 Å². The van der Waals surface area contributed by atoms with E-state index in [9.17, 15) is 5.11 Å². The average Bonchev–Trinajstić information content (AvgIpc) is 2.58. The van der Waals surface area contributed by atoms with Crippen molar-refractivity contribution in [3.63, 3.8) is 0 Å². The molecule has 0 saturated carbocycles. The molecular weight excluding hydrogens is 286 g/mol. The molecule has 1 aliphatic rings. The molecule has 0 aromatic heterocycles. The maximum absolute atomic E-state index is 10.4. The highest BCUT2D eigenvalue weighted by molar-refractivity contribution is 5.52. The fourth-order valence-electron chi connectivity index (χ4n) is 2.84. The molecule has 1 atom stereocenters. The molecule has 23 heavy (non-hydrogen) atoms. The minimum Gasteiger partial charge on any atom is -0.496 e. The van der Waals surface area contributed by atoms with Gasteiger partial charge in [0.15, 0.2) is 0 Å². The van der Waals surface area contributed by atoms with Gasteiger partial charge in [-0.05, 0) is 38.3 Å².